The van der Waals surface area contributed by atoms with Crippen molar-refractivity contribution in [1.29, 1.82) is 0 Å². The van der Waals surface area contributed by atoms with Crippen LogP contribution in [0.25, 0.3) is 0 Å². The molecule has 0 amide bonds. The van der Waals surface area contributed by atoms with Crippen molar-refractivity contribution < 1.29 is 148 Å². The molecule has 0 fully saturated rings. The van der Waals surface area contributed by atoms with Gasteiger partial charge in [-0.3, -0.25) is 14.7 Å². The first-order chi connectivity index (χ1) is 29.1. The van der Waals surface area contributed by atoms with Gasteiger partial charge in [0, 0.05) is 65.4 Å². The molecular formula is C36H62GdN5O21. The number of hydrogen-bond acceptors (Lipinski definition) is 26. The molecule has 0 aliphatic rings. The van der Waals surface area contributed by atoms with E-state index in [1.165, 1.54) is 4.90 Å². The number of carbonyl (C=O) groups is 5. The normalized spacial score (nSPS) is 15.5. The first-order valence-corrected chi connectivity index (χ1v) is 18.8. The third kappa shape index (κ3) is 30.9. The Morgan fingerprint density at radius 3 is 1.32 bits per heavy atom. The maximum absolute atomic E-state index is 11.7. The zero-order valence-corrected chi connectivity index (χ0v) is 36.9. The maximum atomic E-state index is 11.7. The SMILES string of the molecule is CNC[C@H](O)[C@@H](O)[C@H](O)[C@H](O)CO.CNC[C@H](O)[C@@H](O)[C@H](O)[C@H](O)CO.O=C([O-])CN(CCN(CC(=O)[O-])CC(=O)[O-])CCN(CC(=O)[O-])[C@H](COCc1ccccc1)C(=O)[O-].[Gd+3].[H+].[H+]. The molecule has 1 radical (unpaired) electrons. The van der Waals surface area contributed by atoms with E-state index in [1.54, 1.807) is 44.4 Å². The van der Waals surface area contributed by atoms with Gasteiger partial charge in [-0.05, 0) is 19.7 Å². The van der Waals surface area contributed by atoms with Crippen molar-refractivity contribution in [3.05, 3.63) is 35.9 Å². The zero-order chi connectivity index (χ0) is 47.9. The smallest absolute Gasteiger partial charge is 0.549 e. The van der Waals surface area contributed by atoms with E-state index in [4.69, 9.17) is 45.6 Å². The molecular weight excluding hydrogens is 996 g/mol. The number of rotatable bonds is 32. The first kappa shape index (κ1) is 64.5. The van der Waals surface area contributed by atoms with Crippen molar-refractivity contribution in [3.8, 4) is 0 Å². The van der Waals surface area contributed by atoms with E-state index in [1.807, 2.05) is 0 Å². The van der Waals surface area contributed by atoms with E-state index in [9.17, 15) is 59.7 Å². The molecule has 1 rings (SSSR count). The van der Waals surface area contributed by atoms with E-state index < -0.39 is 131 Å². The number of benzene rings is 1. The molecule has 26 nitrogen and oxygen atoms in total. The molecule has 0 spiro atoms. The third-order valence-electron chi connectivity index (χ3n) is 8.40. The largest absolute Gasteiger partial charge is 3.00 e. The van der Waals surface area contributed by atoms with Crippen LogP contribution in [0, 0.1) is 39.9 Å². The number of aliphatic hydroxyl groups excluding tert-OH is 10. The van der Waals surface area contributed by atoms with Crippen LogP contribution in [0.1, 0.15) is 8.42 Å². The van der Waals surface area contributed by atoms with E-state index in [0.717, 1.165) is 15.4 Å². The second-order valence-corrected chi connectivity index (χ2v) is 13.5. The number of nitrogens with zero attached hydrogens (tertiary/aromatic N) is 3. The number of hydrogen-bond donors (Lipinski definition) is 12. The van der Waals surface area contributed by atoms with E-state index in [-0.39, 0.29) is 88.7 Å². The fourth-order valence-electron chi connectivity index (χ4n) is 5.07. The van der Waals surface area contributed by atoms with Crippen LogP contribution in [0.5, 0.6) is 0 Å². The minimum Gasteiger partial charge on any atom is -0.549 e. The summed E-state index contributed by atoms with van der Waals surface area (Å²) in [7, 11) is 3.15. The number of carbonyl (C=O) groups excluding carboxylic acids is 5. The standard InChI is InChI=1S/C22H31N3O11.2C7H17NO5.Gd/c26-18(27)10-23(6-7-24(11-19(28)29)12-20(30)31)8-9-25(13-21(32)33)17(22(34)35)15-36-14-16-4-2-1-3-5-16;2*1-8-2-4(10)6(12)7(13)5(11)3-9;/h1-5,17H,6-15H2,(H,26,27)(H,28,29)(H,30,31)(H,32,33)(H,34,35);2*4-13H,2-3H2,1H3;/q;;;+3/p-3/t17-;2*4-,5+,6+,7+;/m100./s1. The van der Waals surface area contributed by atoms with Gasteiger partial charge in [-0.15, -0.1) is 0 Å². The van der Waals surface area contributed by atoms with Crippen LogP contribution in [-0.4, -0.2) is 250 Å². The quantitative estimate of drug-likeness (QED) is 0.0319. The van der Waals surface area contributed by atoms with Gasteiger partial charge in [-0.2, -0.15) is 0 Å². The van der Waals surface area contributed by atoms with Gasteiger partial charge in [0.2, 0.25) is 0 Å². The second-order valence-electron chi connectivity index (χ2n) is 13.5. The molecule has 63 heavy (non-hydrogen) atoms. The molecule has 0 heterocycles. The summed E-state index contributed by atoms with van der Waals surface area (Å²) in [6.45, 7) is -5.41. The van der Waals surface area contributed by atoms with Gasteiger partial charge in [-0.1, -0.05) is 30.3 Å². The Balaban J connectivity index is -0.000000341. The molecule has 0 unspecified atom stereocenters. The van der Waals surface area contributed by atoms with Crippen LogP contribution in [0.3, 0.4) is 0 Å². The summed E-state index contributed by atoms with van der Waals surface area (Å²) in [5, 5.41) is 151. The van der Waals surface area contributed by atoms with Gasteiger partial charge in [0.1, 0.15) is 36.6 Å². The molecule has 0 saturated heterocycles. The topological polar surface area (TPSA) is 446 Å². The van der Waals surface area contributed by atoms with Crippen molar-refractivity contribution in [2.75, 3.05) is 99.4 Å². The summed E-state index contributed by atoms with van der Waals surface area (Å²) in [6, 6.07) is 7.27. The first-order valence-electron chi connectivity index (χ1n) is 18.8. The van der Waals surface area contributed by atoms with Crippen molar-refractivity contribution >= 4 is 29.8 Å². The summed E-state index contributed by atoms with van der Waals surface area (Å²) in [4.78, 5) is 58.8. The molecule has 1 aromatic carbocycles. The number of ether oxygens (including phenoxy) is 1. The average Bonchev–Trinajstić information content (AvgIpc) is 3.21. The monoisotopic (exact) mass is 1060 g/mol. The summed E-state index contributed by atoms with van der Waals surface area (Å²) in [6.07, 6.45) is -11.3. The number of aliphatic carboxylic acids is 5. The number of nitrogens with one attached hydrogen (secondary N) is 2. The van der Waals surface area contributed by atoms with Crippen molar-refractivity contribution in [1.82, 2.24) is 25.3 Å². The Bertz CT molecular complexity index is 1360. The fourth-order valence-corrected chi connectivity index (χ4v) is 5.07. The molecule has 1 aromatic rings. The molecule has 27 heteroatoms. The van der Waals surface area contributed by atoms with Crippen molar-refractivity contribution in [2.45, 2.75) is 61.5 Å². The number of carboxylic acid groups (broad SMARTS) is 5. The van der Waals surface area contributed by atoms with Crippen LogP contribution >= 0.6 is 0 Å². The van der Waals surface area contributed by atoms with Crippen LogP contribution in [0.4, 0.5) is 0 Å². The summed E-state index contributed by atoms with van der Waals surface area (Å²) >= 11 is 0. The maximum Gasteiger partial charge on any atom is 3.00 e. The van der Waals surface area contributed by atoms with Crippen LogP contribution < -0.4 is 36.2 Å². The van der Waals surface area contributed by atoms with E-state index >= 15 is 0 Å². The number of carboxylic acids is 5. The molecule has 0 saturated carbocycles. The van der Waals surface area contributed by atoms with Gasteiger partial charge in [0.05, 0.1) is 74.5 Å². The van der Waals surface area contributed by atoms with Crippen molar-refractivity contribution in [3.63, 3.8) is 0 Å². The van der Waals surface area contributed by atoms with Crippen LogP contribution in [0.2, 0.25) is 0 Å². The molecule has 0 aliphatic carbocycles. The minimum absolute atomic E-state index is 0. The predicted octanol–water partition coefficient (Wildman–Crippen LogP) is -14.3. The Hall–Kier alpha value is -2.75. The molecule has 12 N–H and O–H groups in total. The van der Waals surface area contributed by atoms with Gasteiger partial charge in [-0.25, -0.2) is 0 Å². The predicted molar refractivity (Wildman–Crippen MR) is 202 cm³/mol. The molecule has 0 aromatic heterocycles. The summed E-state index contributed by atoms with van der Waals surface area (Å²) < 4.78 is 5.41. The Morgan fingerprint density at radius 2 is 0.952 bits per heavy atom. The second kappa shape index (κ2) is 37.5. The number of aliphatic hydroxyl groups is 10. The van der Waals surface area contributed by atoms with Gasteiger partial charge >= 0.3 is 42.8 Å². The molecule has 9 atom stereocenters. The third-order valence-corrected chi connectivity index (χ3v) is 8.40. The van der Waals surface area contributed by atoms with Crippen LogP contribution in [0.15, 0.2) is 30.3 Å². The Morgan fingerprint density at radius 1 is 0.587 bits per heavy atom. The fraction of sp³-hybridized carbons (Fsp3) is 0.694. The Labute approximate surface area is 398 Å². The molecule has 0 aliphatic heterocycles. The minimum atomic E-state index is -1.62. The van der Waals surface area contributed by atoms with Gasteiger partial charge in [0.15, 0.2) is 0 Å². The molecule has 0 bridgehead atoms. The average molecular weight is 1060 g/mol. The number of likely N-dealkylation sites (N-methyl/N-ethyl adjacent to an activating group) is 2. The van der Waals surface area contributed by atoms with E-state index in [2.05, 4.69) is 10.6 Å². The zero-order valence-electron chi connectivity index (χ0n) is 36.6. The van der Waals surface area contributed by atoms with E-state index in [0.29, 0.717) is 0 Å². The molecule has 365 valence electrons. The van der Waals surface area contributed by atoms with Gasteiger partial charge < -0.3 is 116 Å². The van der Waals surface area contributed by atoms with Crippen LogP contribution in [-0.2, 0) is 35.3 Å². The summed E-state index contributed by atoms with van der Waals surface area (Å²) in [5.41, 5.74) is 0.749. The Kier molecular flexibility index (Phi) is 38.4. The van der Waals surface area contributed by atoms with Crippen molar-refractivity contribution in [2.24, 2.45) is 0 Å². The van der Waals surface area contributed by atoms with Gasteiger partial charge in [0.25, 0.3) is 0 Å². The summed E-state index contributed by atoms with van der Waals surface area (Å²) in [5.74, 6) is -7.85.